The molecule has 2 aromatic heterocycles. The third-order valence-corrected chi connectivity index (χ3v) is 4.65. The van der Waals surface area contributed by atoms with Crippen LogP contribution in [0.5, 0.6) is 0 Å². The summed E-state index contributed by atoms with van der Waals surface area (Å²) in [6, 6.07) is 6.91. The van der Waals surface area contributed by atoms with Crippen molar-refractivity contribution in [1.29, 1.82) is 0 Å². The number of aromatic nitrogens is 3. The van der Waals surface area contributed by atoms with Crippen LogP contribution in [0.1, 0.15) is 47.7 Å². The minimum absolute atomic E-state index is 0.163. The van der Waals surface area contributed by atoms with Crippen LogP contribution in [0.15, 0.2) is 34.4 Å². The molecule has 26 heavy (non-hydrogen) atoms. The van der Waals surface area contributed by atoms with Gasteiger partial charge in [-0.15, -0.1) is 11.3 Å². The van der Waals surface area contributed by atoms with Gasteiger partial charge in [-0.1, -0.05) is 31.5 Å². The first-order chi connectivity index (χ1) is 12.5. The molecule has 134 valence electrons. The summed E-state index contributed by atoms with van der Waals surface area (Å²) in [5.41, 5.74) is 0.255. The molecule has 1 aromatic carbocycles. The summed E-state index contributed by atoms with van der Waals surface area (Å²) in [5, 5.41) is 9.79. The molecule has 1 N–H and O–H groups in total. The summed E-state index contributed by atoms with van der Waals surface area (Å²) >= 11 is 1.17. The Morgan fingerprint density at radius 1 is 1.23 bits per heavy atom. The zero-order chi connectivity index (χ0) is 18.7. The van der Waals surface area contributed by atoms with E-state index in [1.807, 2.05) is 6.92 Å². The van der Waals surface area contributed by atoms with E-state index in [0.717, 1.165) is 12.8 Å². The van der Waals surface area contributed by atoms with E-state index in [2.05, 4.69) is 15.4 Å². The fraction of sp³-hybridized carbons (Fsp3) is 0.278. The third kappa shape index (κ3) is 3.55. The molecule has 0 aliphatic rings. The minimum atomic E-state index is -0.462. The molecular formula is C18H18N4O3S. The monoisotopic (exact) mass is 370 g/mol. The van der Waals surface area contributed by atoms with Gasteiger partial charge in [-0.2, -0.15) is 5.10 Å². The van der Waals surface area contributed by atoms with Crippen molar-refractivity contribution in [3.63, 3.8) is 0 Å². The second-order valence-electron chi connectivity index (χ2n) is 5.82. The van der Waals surface area contributed by atoms with Crippen LogP contribution in [0.3, 0.4) is 0 Å². The van der Waals surface area contributed by atoms with Gasteiger partial charge in [-0.3, -0.25) is 19.7 Å². The van der Waals surface area contributed by atoms with Crippen molar-refractivity contribution >= 4 is 38.9 Å². The number of carbonyl (C=O) groups excluding carboxylic acids is 2. The highest BCUT2D eigenvalue weighted by Crippen LogP contribution is 2.19. The number of amides is 1. The minimum Gasteiger partial charge on any atom is -0.296 e. The highest BCUT2D eigenvalue weighted by atomic mass is 32.1. The number of ketones is 1. The summed E-state index contributed by atoms with van der Waals surface area (Å²) in [4.78, 5) is 40.7. The topological polar surface area (TPSA) is 93.9 Å². The molecule has 3 aromatic rings. The molecule has 0 fully saturated rings. The average molecular weight is 370 g/mol. The quantitative estimate of drug-likeness (QED) is 0.673. The zero-order valence-electron chi connectivity index (χ0n) is 14.5. The van der Waals surface area contributed by atoms with Crippen LogP contribution in [-0.4, -0.2) is 26.5 Å². The van der Waals surface area contributed by atoms with Crippen LogP contribution in [0.4, 0.5) is 5.13 Å². The number of nitrogens with zero attached hydrogens (tertiary/aromatic N) is 3. The van der Waals surface area contributed by atoms with Crippen molar-refractivity contribution in [2.24, 2.45) is 0 Å². The van der Waals surface area contributed by atoms with Crippen molar-refractivity contribution in [1.82, 2.24) is 14.8 Å². The van der Waals surface area contributed by atoms with Crippen molar-refractivity contribution < 1.29 is 9.59 Å². The Balaban J connectivity index is 2.01. The van der Waals surface area contributed by atoms with Crippen molar-refractivity contribution in [3.8, 4) is 0 Å². The number of fused-ring (bicyclic) bond motifs is 1. The van der Waals surface area contributed by atoms with E-state index in [0.29, 0.717) is 28.1 Å². The molecule has 0 bridgehead atoms. The number of thiazole rings is 1. The largest absolute Gasteiger partial charge is 0.296 e. The van der Waals surface area contributed by atoms with Gasteiger partial charge in [0.15, 0.2) is 16.6 Å². The fourth-order valence-corrected chi connectivity index (χ4v) is 3.26. The van der Waals surface area contributed by atoms with E-state index in [1.54, 1.807) is 29.6 Å². The SMILES string of the molecule is CCCCn1nc(C(=O)Nc2nc(C(C)=O)cs2)c2ccccc2c1=O. The van der Waals surface area contributed by atoms with Gasteiger partial charge < -0.3 is 0 Å². The standard InChI is InChI=1S/C18H18N4O3S/c1-3-4-9-22-17(25)13-8-6-5-7-12(13)15(21-22)16(24)20-18-19-14(10-26-18)11(2)23/h5-8,10H,3-4,9H2,1-2H3,(H,19,20,24). The average Bonchev–Trinajstić information content (AvgIpc) is 3.10. The number of hydrogen-bond acceptors (Lipinski definition) is 6. The van der Waals surface area contributed by atoms with Crippen molar-refractivity contribution in [3.05, 3.63) is 51.4 Å². The van der Waals surface area contributed by atoms with E-state index in [4.69, 9.17) is 0 Å². The summed E-state index contributed by atoms with van der Waals surface area (Å²) in [5.74, 6) is -0.630. The normalized spacial score (nSPS) is 10.8. The van der Waals surface area contributed by atoms with Crippen LogP contribution in [-0.2, 0) is 6.54 Å². The Morgan fingerprint density at radius 3 is 2.62 bits per heavy atom. The predicted octanol–water partition coefficient (Wildman–Crippen LogP) is 3.11. The Morgan fingerprint density at radius 2 is 1.96 bits per heavy atom. The van der Waals surface area contributed by atoms with E-state index in [1.165, 1.54) is 22.9 Å². The van der Waals surface area contributed by atoms with Gasteiger partial charge >= 0.3 is 0 Å². The number of benzene rings is 1. The molecule has 3 rings (SSSR count). The summed E-state index contributed by atoms with van der Waals surface area (Å²) < 4.78 is 1.34. The second kappa shape index (κ2) is 7.57. The van der Waals surface area contributed by atoms with Crippen LogP contribution >= 0.6 is 11.3 Å². The maximum Gasteiger partial charge on any atom is 0.278 e. The number of anilines is 1. The molecule has 0 aliphatic carbocycles. The maximum atomic E-state index is 12.7. The number of nitrogens with one attached hydrogen (secondary N) is 1. The van der Waals surface area contributed by atoms with Gasteiger partial charge in [0.25, 0.3) is 11.5 Å². The number of aryl methyl sites for hydroxylation is 1. The molecule has 7 nitrogen and oxygen atoms in total. The van der Waals surface area contributed by atoms with Gasteiger partial charge in [0.1, 0.15) is 5.69 Å². The molecule has 0 saturated heterocycles. The van der Waals surface area contributed by atoms with E-state index in [-0.39, 0.29) is 17.0 Å². The molecule has 0 radical (unpaired) electrons. The highest BCUT2D eigenvalue weighted by Gasteiger charge is 2.18. The number of carbonyl (C=O) groups is 2. The molecule has 0 aliphatic heterocycles. The number of rotatable bonds is 6. The van der Waals surface area contributed by atoms with Crippen LogP contribution < -0.4 is 10.9 Å². The van der Waals surface area contributed by atoms with Crippen LogP contribution in [0, 0.1) is 0 Å². The highest BCUT2D eigenvalue weighted by molar-refractivity contribution is 7.14. The molecule has 0 atom stereocenters. The fourth-order valence-electron chi connectivity index (χ4n) is 2.51. The Bertz CT molecular complexity index is 1040. The number of Topliss-reactive ketones (excluding diaryl/α,β-unsaturated/α-hetero) is 1. The maximum absolute atomic E-state index is 12.7. The molecule has 0 spiro atoms. The van der Waals surface area contributed by atoms with Crippen molar-refractivity contribution in [2.45, 2.75) is 33.2 Å². The second-order valence-corrected chi connectivity index (χ2v) is 6.68. The predicted molar refractivity (Wildman–Crippen MR) is 101 cm³/mol. The third-order valence-electron chi connectivity index (χ3n) is 3.89. The summed E-state index contributed by atoms with van der Waals surface area (Å²) in [6.07, 6.45) is 1.70. The molecule has 8 heteroatoms. The molecular weight excluding hydrogens is 352 g/mol. The number of unbranched alkanes of at least 4 members (excludes halogenated alkanes) is 1. The first-order valence-electron chi connectivity index (χ1n) is 8.29. The van der Waals surface area contributed by atoms with Gasteiger partial charge in [-0.05, 0) is 12.5 Å². The summed E-state index contributed by atoms with van der Waals surface area (Å²) in [6.45, 7) is 3.89. The lowest BCUT2D eigenvalue weighted by atomic mass is 10.1. The van der Waals surface area contributed by atoms with Crippen LogP contribution in [0.25, 0.3) is 10.8 Å². The smallest absolute Gasteiger partial charge is 0.278 e. The molecule has 1 amide bonds. The van der Waals surface area contributed by atoms with Gasteiger partial charge in [0.05, 0.1) is 5.39 Å². The first-order valence-corrected chi connectivity index (χ1v) is 9.17. The lowest BCUT2D eigenvalue weighted by Gasteiger charge is -2.10. The van der Waals surface area contributed by atoms with Gasteiger partial charge in [-0.25, -0.2) is 9.67 Å². The Hall–Kier alpha value is -2.87. The Labute approximate surface area is 153 Å². The molecule has 0 saturated carbocycles. The number of hydrogen-bond donors (Lipinski definition) is 1. The van der Waals surface area contributed by atoms with Gasteiger partial charge in [0.2, 0.25) is 0 Å². The van der Waals surface area contributed by atoms with E-state index < -0.39 is 5.91 Å². The lowest BCUT2D eigenvalue weighted by Crippen LogP contribution is -2.27. The van der Waals surface area contributed by atoms with Crippen LogP contribution in [0.2, 0.25) is 0 Å². The summed E-state index contributed by atoms with van der Waals surface area (Å²) in [7, 11) is 0. The lowest BCUT2D eigenvalue weighted by molar-refractivity contribution is 0.100. The molecule has 0 unspecified atom stereocenters. The zero-order valence-corrected chi connectivity index (χ0v) is 15.3. The van der Waals surface area contributed by atoms with E-state index >= 15 is 0 Å². The van der Waals surface area contributed by atoms with Gasteiger partial charge in [0, 0.05) is 24.2 Å². The Kier molecular flexibility index (Phi) is 5.22. The van der Waals surface area contributed by atoms with E-state index in [9.17, 15) is 14.4 Å². The van der Waals surface area contributed by atoms with Crippen molar-refractivity contribution in [2.75, 3.05) is 5.32 Å². The molecule has 2 heterocycles. The first kappa shape index (κ1) is 17.9.